The van der Waals surface area contributed by atoms with Crippen molar-refractivity contribution in [2.24, 2.45) is 0 Å². The first-order valence-corrected chi connectivity index (χ1v) is 8.57. The Bertz CT molecular complexity index is 896. The van der Waals surface area contributed by atoms with Gasteiger partial charge >= 0.3 is 0 Å². The standard InChI is InChI=1S/C17H12Cl2N2O2S/c1-23-12-4-2-3-11(7-12)16(22)21-17-20-15(9-24-17)10-5-6-13(18)14(19)8-10/h2-9H,1H3,(H,20,21,22). The number of aromatic nitrogens is 1. The number of hydrogen-bond acceptors (Lipinski definition) is 4. The van der Waals surface area contributed by atoms with Crippen LogP contribution in [0.2, 0.25) is 10.0 Å². The van der Waals surface area contributed by atoms with Gasteiger partial charge in [0.25, 0.3) is 5.91 Å². The first-order valence-electron chi connectivity index (χ1n) is 6.93. The van der Waals surface area contributed by atoms with Crippen molar-refractivity contribution in [3.63, 3.8) is 0 Å². The van der Waals surface area contributed by atoms with Gasteiger partial charge in [-0.05, 0) is 30.3 Å². The molecule has 0 radical (unpaired) electrons. The minimum absolute atomic E-state index is 0.246. The minimum Gasteiger partial charge on any atom is -0.497 e. The van der Waals surface area contributed by atoms with Crippen LogP contribution in [0.25, 0.3) is 11.3 Å². The van der Waals surface area contributed by atoms with E-state index in [9.17, 15) is 4.79 Å². The molecule has 1 amide bonds. The fourth-order valence-electron chi connectivity index (χ4n) is 2.05. The Kier molecular flexibility index (Phi) is 5.04. The van der Waals surface area contributed by atoms with Crippen LogP contribution in [-0.4, -0.2) is 18.0 Å². The van der Waals surface area contributed by atoms with Gasteiger partial charge in [-0.2, -0.15) is 0 Å². The Balaban J connectivity index is 1.78. The van der Waals surface area contributed by atoms with Gasteiger partial charge in [-0.25, -0.2) is 4.98 Å². The number of carbonyl (C=O) groups excluding carboxylic acids is 1. The van der Waals surface area contributed by atoms with E-state index >= 15 is 0 Å². The molecule has 1 heterocycles. The van der Waals surface area contributed by atoms with Gasteiger partial charge < -0.3 is 4.74 Å². The molecule has 0 aliphatic heterocycles. The van der Waals surface area contributed by atoms with E-state index in [-0.39, 0.29) is 5.91 Å². The van der Waals surface area contributed by atoms with E-state index in [1.807, 2.05) is 11.4 Å². The first-order chi connectivity index (χ1) is 11.6. The van der Waals surface area contributed by atoms with Crippen LogP contribution in [0.4, 0.5) is 5.13 Å². The molecule has 7 heteroatoms. The average molecular weight is 379 g/mol. The van der Waals surface area contributed by atoms with E-state index in [1.54, 1.807) is 43.5 Å². The second kappa shape index (κ2) is 7.21. The molecule has 24 heavy (non-hydrogen) atoms. The SMILES string of the molecule is COc1cccc(C(=O)Nc2nc(-c3ccc(Cl)c(Cl)c3)cs2)c1. The highest BCUT2D eigenvalue weighted by Gasteiger charge is 2.11. The van der Waals surface area contributed by atoms with Crippen molar-refractivity contribution in [3.8, 4) is 17.0 Å². The maximum absolute atomic E-state index is 12.3. The fourth-order valence-corrected chi connectivity index (χ4v) is 3.07. The summed E-state index contributed by atoms with van der Waals surface area (Å²) in [5.41, 5.74) is 2.06. The van der Waals surface area contributed by atoms with Gasteiger partial charge in [-0.15, -0.1) is 11.3 Å². The monoisotopic (exact) mass is 378 g/mol. The number of halogens is 2. The van der Waals surface area contributed by atoms with Gasteiger partial charge in [0, 0.05) is 16.5 Å². The Morgan fingerprint density at radius 1 is 1.17 bits per heavy atom. The highest BCUT2D eigenvalue weighted by atomic mass is 35.5. The molecular weight excluding hydrogens is 367 g/mol. The van der Waals surface area contributed by atoms with Crippen LogP contribution in [0.15, 0.2) is 47.8 Å². The molecule has 2 aromatic carbocycles. The lowest BCUT2D eigenvalue weighted by Gasteiger charge is -2.04. The lowest BCUT2D eigenvalue weighted by atomic mass is 10.2. The van der Waals surface area contributed by atoms with Gasteiger partial charge in [0.15, 0.2) is 5.13 Å². The van der Waals surface area contributed by atoms with Crippen molar-refractivity contribution >= 4 is 45.6 Å². The number of nitrogens with one attached hydrogen (secondary N) is 1. The lowest BCUT2D eigenvalue weighted by Crippen LogP contribution is -2.11. The molecule has 0 unspecified atom stereocenters. The van der Waals surface area contributed by atoms with Gasteiger partial charge in [0.05, 0.1) is 22.8 Å². The molecule has 3 aromatic rings. The molecule has 0 aliphatic rings. The Morgan fingerprint density at radius 3 is 2.75 bits per heavy atom. The summed E-state index contributed by atoms with van der Waals surface area (Å²) in [5.74, 6) is 0.377. The molecule has 1 N–H and O–H groups in total. The number of carbonyl (C=O) groups is 1. The number of anilines is 1. The summed E-state index contributed by atoms with van der Waals surface area (Å²) in [6.45, 7) is 0. The molecule has 4 nitrogen and oxygen atoms in total. The summed E-state index contributed by atoms with van der Waals surface area (Å²) in [7, 11) is 1.56. The summed E-state index contributed by atoms with van der Waals surface area (Å²) in [6.07, 6.45) is 0. The maximum Gasteiger partial charge on any atom is 0.257 e. The van der Waals surface area contributed by atoms with Crippen molar-refractivity contribution in [2.45, 2.75) is 0 Å². The van der Waals surface area contributed by atoms with E-state index in [4.69, 9.17) is 27.9 Å². The second-order valence-electron chi connectivity index (χ2n) is 4.85. The molecule has 3 rings (SSSR count). The molecule has 0 atom stereocenters. The number of methoxy groups -OCH3 is 1. The lowest BCUT2D eigenvalue weighted by molar-refractivity contribution is 0.102. The number of amides is 1. The molecule has 0 fully saturated rings. The highest BCUT2D eigenvalue weighted by molar-refractivity contribution is 7.14. The van der Waals surface area contributed by atoms with Gasteiger partial charge in [0.2, 0.25) is 0 Å². The van der Waals surface area contributed by atoms with Crippen LogP contribution in [0.1, 0.15) is 10.4 Å². The molecule has 122 valence electrons. The third-order valence-corrected chi connectivity index (χ3v) is 4.77. The minimum atomic E-state index is -0.246. The van der Waals surface area contributed by atoms with Crippen LogP contribution in [0.3, 0.4) is 0 Å². The van der Waals surface area contributed by atoms with Crippen LogP contribution >= 0.6 is 34.5 Å². The molecule has 0 bridgehead atoms. The van der Waals surface area contributed by atoms with Crippen LogP contribution < -0.4 is 10.1 Å². The van der Waals surface area contributed by atoms with Crippen molar-refractivity contribution in [2.75, 3.05) is 12.4 Å². The molecule has 0 spiro atoms. The van der Waals surface area contributed by atoms with Gasteiger partial charge in [0.1, 0.15) is 5.75 Å². The Morgan fingerprint density at radius 2 is 2.00 bits per heavy atom. The molecule has 0 saturated carbocycles. The number of ether oxygens (including phenoxy) is 1. The molecule has 0 saturated heterocycles. The number of benzene rings is 2. The summed E-state index contributed by atoms with van der Waals surface area (Å²) in [5, 5.41) is 6.08. The molecule has 0 aliphatic carbocycles. The number of hydrogen-bond donors (Lipinski definition) is 1. The van der Waals surface area contributed by atoms with E-state index in [0.29, 0.717) is 26.5 Å². The number of thiazole rings is 1. The normalized spacial score (nSPS) is 10.5. The van der Waals surface area contributed by atoms with Crippen molar-refractivity contribution < 1.29 is 9.53 Å². The quantitative estimate of drug-likeness (QED) is 0.662. The second-order valence-corrected chi connectivity index (χ2v) is 6.53. The molecule has 1 aromatic heterocycles. The zero-order valence-corrected chi connectivity index (χ0v) is 14.9. The smallest absolute Gasteiger partial charge is 0.257 e. The maximum atomic E-state index is 12.3. The van der Waals surface area contributed by atoms with Crippen LogP contribution in [0, 0.1) is 0 Å². The van der Waals surface area contributed by atoms with Crippen LogP contribution in [0.5, 0.6) is 5.75 Å². The van der Waals surface area contributed by atoms with E-state index in [1.165, 1.54) is 11.3 Å². The third kappa shape index (κ3) is 3.70. The average Bonchev–Trinajstić information content (AvgIpc) is 3.06. The highest BCUT2D eigenvalue weighted by Crippen LogP contribution is 2.30. The largest absolute Gasteiger partial charge is 0.497 e. The van der Waals surface area contributed by atoms with Crippen molar-refractivity contribution in [1.29, 1.82) is 0 Å². The number of nitrogens with zero attached hydrogens (tertiary/aromatic N) is 1. The van der Waals surface area contributed by atoms with E-state index in [2.05, 4.69) is 10.3 Å². The summed E-state index contributed by atoms with van der Waals surface area (Å²) < 4.78 is 5.12. The first kappa shape index (κ1) is 16.8. The number of rotatable bonds is 4. The summed E-state index contributed by atoms with van der Waals surface area (Å²) >= 11 is 13.3. The van der Waals surface area contributed by atoms with Gasteiger partial charge in [-0.1, -0.05) is 35.3 Å². The Labute approximate surface area is 153 Å². The van der Waals surface area contributed by atoms with Crippen molar-refractivity contribution in [3.05, 3.63) is 63.5 Å². The summed E-state index contributed by atoms with van der Waals surface area (Å²) in [6, 6.07) is 12.2. The van der Waals surface area contributed by atoms with Crippen LogP contribution in [-0.2, 0) is 0 Å². The van der Waals surface area contributed by atoms with Gasteiger partial charge in [-0.3, -0.25) is 10.1 Å². The topological polar surface area (TPSA) is 51.2 Å². The third-order valence-electron chi connectivity index (χ3n) is 3.27. The zero-order valence-electron chi connectivity index (χ0n) is 12.5. The Hall–Kier alpha value is -2.08. The van der Waals surface area contributed by atoms with E-state index < -0.39 is 0 Å². The fraction of sp³-hybridized carbons (Fsp3) is 0.0588. The molecular formula is C17H12Cl2N2O2S. The zero-order chi connectivity index (χ0) is 17.1. The predicted octanol–water partition coefficient (Wildman–Crippen LogP) is 5.38. The predicted molar refractivity (Wildman–Crippen MR) is 98.5 cm³/mol. The van der Waals surface area contributed by atoms with Crippen molar-refractivity contribution in [1.82, 2.24) is 4.98 Å². The van der Waals surface area contributed by atoms with E-state index in [0.717, 1.165) is 11.3 Å². The summed E-state index contributed by atoms with van der Waals surface area (Å²) in [4.78, 5) is 16.7.